The molecular weight excluding hydrogens is 394 g/mol. The molecule has 8 heteroatoms. The summed E-state index contributed by atoms with van der Waals surface area (Å²) >= 11 is 1.35. The molecule has 6 nitrogen and oxygen atoms in total. The van der Waals surface area contributed by atoms with Crippen molar-refractivity contribution in [3.8, 4) is 0 Å². The summed E-state index contributed by atoms with van der Waals surface area (Å²) in [5, 5.41) is 3.80. The van der Waals surface area contributed by atoms with E-state index >= 15 is 0 Å². The maximum absolute atomic E-state index is 12.8. The number of thioether (sulfide) groups is 1. The minimum atomic E-state index is -3.48. The molecular formula is C20H31N3O3S2. The average molecular weight is 426 g/mol. The van der Waals surface area contributed by atoms with Crippen LogP contribution in [0.3, 0.4) is 0 Å². The van der Waals surface area contributed by atoms with Gasteiger partial charge in [-0.3, -0.25) is 4.79 Å². The number of rotatable bonds is 6. The second-order valence-electron chi connectivity index (χ2n) is 7.87. The van der Waals surface area contributed by atoms with Gasteiger partial charge in [0.05, 0.1) is 10.8 Å². The van der Waals surface area contributed by atoms with Crippen LogP contribution in [0.1, 0.15) is 58.3 Å². The van der Waals surface area contributed by atoms with Gasteiger partial charge in [-0.05, 0) is 43.7 Å². The summed E-state index contributed by atoms with van der Waals surface area (Å²) < 4.78 is 27.1. The Bertz CT molecular complexity index is 744. The Balaban J connectivity index is 1.53. The zero-order valence-corrected chi connectivity index (χ0v) is 18.2. The van der Waals surface area contributed by atoms with Gasteiger partial charge in [-0.15, -0.1) is 0 Å². The average Bonchev–Trinajstić information content (AvgIpc) is 2.99. The third kappa shape index (κ3) is 5.70. The molecule has 2 aliphatic rings. The Kier molecular flexibility index (Phi) is 7.77. The molecule has 156 valence electrons. The molecule has 1 amide bonds. The first-order chi connectivity index (χ1) is 13.5. The summed E-state index contributed by atoms with van der Waals surface area (Å²) in [7, 11) is -3.48. The number of sulfonamides is 1. The lowest BCUT2D eigenvalue weighted by Crippen LogP contribution is -2.41. The van der Waals surface area contributed by atoms with Gasteiger partial charge in [0, 0.05) is 25.3 Å². The number of nitrogens with zero attached hydrogens (tertiary/aromatic N) is 2. The first-order valence-corrected chi connectivity index (χ1v) is 12.8. The molecule has 1 saturated carbocycles. The van der Waals surface area contributed by atoms with Gasteiger partial charge in [-0.25, -0.2) is 13.4 Å². The summed E-state index contributed by atoms with van der Waals surface area (Å²) in [5.74, 6) is 0.852. The highest BCUT2D eigenvalue weighted by Gasteiger charge is 2.26. The van der Waals surface area contributed by atoms with Crippen LogP contribution < -0.4 is 5.32 Å². The zero-order valence-electron chi connectivity index (χ0n) is 16.6. The Morgan fingerprint density at radius 2 is 1.86 bits per heavy atom. The monoisotopic (exact) mass is 425 g/mol. The normalized spacial score (nSPS) is 24.5. The quantitative estimate of drug-likeness (QED) is 0.707. The number of carbonyl (C=O) groups is 1. The predicted molar refractivity (Wildman–Crippen MR) is 112 cm³/mol. The van der Waals surface area contributed by atoms with Gasteiger partial charge < -0.3 is 5.32 Å². The fourth-order valence-electron chi connectivity index (χ4n) is 3.95. The van der Waals surface area contributed by atoms with E-state index in [4.69, 9.17) is 0 Å². The van der Waals surface area contributed by atoms with Gasteiger partial charge >= 0.3 is 0 Å². The van der Waals surface area contributed by atoms with E-state index in [1.54, 1.807) is 16.4 Å². The van der Waals surface area contributed by atoms with Crippen molar-refractivity contribution in [2.75, 3.05) is 18.8 Å². The standard InChI is InChI=1S/C20H31N3O3S2/c1-16-8-4-5-9-18(16)22-19(24)15-27-20-11-10-17(14-21-20)28(25,26)23-12-6-2-3-7-13-23/h10-11,14,16,18H,2-9,12-13,15H2,1H3,(H,22,24)/t16-,18-/m1/s1. The molecule has 0 spiro atoms. The maximum atomic E-state index is 12.8. The van der Waals surface area contributed by atoms with Crippen molar-refractivity contribution in [1.82, 2.24) is 14.6 Å². The molecule has 1 aliphatic heterocycles. The van der Waals surface area contributed by atoms with Crippen LogP contribution in [0, 0.1) is 5.92 Å². The number of aromatic nitrogens is 1. The Labute approximate surface area is 172 Å². The summed E-state index contributed by atoms with van der Waals surface area (Å²) in [4.78, 5) is 16.7. The number of carbonyl (C=O) groups excluding carboxylic acids is 1. The largest absolute Gasteiger partial charge is 0.352 e. The molecule has 2 atom stereocenters. The Hall–Kier alpha value is -1.12. The van der Waals surface area contributed by atoms with Crippen molar-refractivity contribution in [3.05, 3.63) is 18.3 Å². The molecule has 0 unspecified atom stereocenters. The van der Waals surface area contributed by atoms with Crippen LogP contribution in [-0.4, -0.2) is 48.5 Å². The van der Waals surface area contributed by atoms with Crippen molar-refractivity contribution < 1.29 is 13.2 Å². The molecule has 0 bridgehead atoms. The van der Waals surface area contributed by atoms with Gasteiger partial charge in [0.15, 0.2) is 0 Å². The molecule has 0 aromatic carbocycles. The maximum Gasteiger partial charge on any atom is 0.244 e. The molecule has 2 heterocycles. The number of nitrogens with one attached hydrogen (secondary N) is 1. The predicted octanol–water partition coefficient (Wildman–Crippen LogP) is 3.43. The van der Waals surface area contributed by atoms with Crippen LogP contribution in [0.25, 0.3) is 0 Å². The van der Waals surface area contributed by atoms with Crippen LogP contribution in [-0.2, 0) is 14.8 Å². The minimum absolute atomic E-state index is 0.0202. The second-order valence-corrected chi connectivity index (χ2v) is 10.8. The fourth-order valence-corrected chi connectivity index (χ4v) is 6.07. The molecule has 1 saturated heterocycles. The van der Waals surface area contributed by atoms with Crippen molar-refractivity contribution in [1.29, 1.82) is 0 Å². The molecule has 1 aromatic heterocycles. The molecule has 2 fully saturated rings. The van der Waals surface area contributed by atoms with Crippen LogP contribution in [0.2, 0.25) is 0 Å². The summed E-state index contributed by atoms with van der Waals surface area (Å²) in [6.07, 6.45) is 10.1. The van der Waals surface area contributed by atoms with Gasteiger partial charge in [0.25, 0.3) is 0 Å². The van der Waals surface area contributed by atoms with Crippen molar-refractivity contribution in [2.24, 2.45) is 5.92 Å². The van der Waals surface area contributed by atoms with Crippen LogP contribution in [0.4, 0.5) is 0 Å². The molecule has 1 aromatic rings. The fraction of sp³-hybridized carbons (Fsp3) is 0.700. The van der Waals surface area contributed by atoms with Crippen molar-refractivity contribution in [3.63, 3.8) is 0 Å². The number of hydrogen-bond donors (Lipinski definition) is 1. The summed E-state index contributed by atoms with van der Waals surface area (Å²) in [6, 6.07) is 3.58. The smallest absolute Gasteiger partial charge is 0.244 e. The highest BCUT2D eigenvalue weighted by Crippen LogP contribution is 2.25. The van der Waals surface area contributed by atoms with E-state index in [-0.39, 0.29) is 16.8 Å². The third-order valence-electron chi connectivity index (χ3n) is 5.72. The molecule has 3 rings (SSSR count). The lowest BCUT2D eigenvalue weighted by molar-refractivity contribution is -0.119. The second kappa shape index (κ2) is 10.1. The van der Waals surface area contributed by atoms with Crippen molar-refractivity contribution >= 4 is 27.7 Å². The highest BCUT2D eigenvalue weighted by atomic mass is 32.2. The number of pyridine rings is 1. The SMILES string of the molecule is C[C@@H]1CCCC[C@H]1NC(=O)CSc1ccc(S(=O)(=O)N2CCCCCC2)cn1. The molecule has 0 radical (unpaired) electrons. The number of hydrogen-bond acceptors (Lipinski definition) is 5. The first kappa shape index (κ1) is 21.6. The van der Waals surface area contributed by atoms with E-state index in [1.807, 2.05) is 0 Å². The lowest BCUT2D eigenvalue weighted by Gasteiger charge is -2.29. The Morgan fingerprint density at radius 3 is 2.50 bits per heavy atom. The van der Waals surface area contributed by atoms with Gasteiger partial charge in [0.2, 0.25) is 15.9 Å². The van der Waals surface area contributed by atoms with Crippen LogP contribution >= 0.6 is 11.8 Å². The van der Waals surface area contributed by atoms with Gasteiger partial charge in [-0.2, -0.15) is 4.31 Å². The molecule has 1 aliphatic carbocycles. The Morgan fingerprint density at radius 1 is 1.14 bits per heavy atom. The van der Waals surface area contributed by atoms with E-state index in [2.05, 4.69) is 17.2 Å². The van der Waals surface area contributed by atoms with E-state index < -0.39 is 10.0 Å². The van der Waals surface area contributed by atoms with E-state index in [1.165, 1.54) is 37.2 Å². The summed E-state index contributed by atoms with van der Waals surface area (Å²) in [6.45, 7) is 3.36. The van der Waals surface area contributed by atoms with Gasteiger partial charge in [0.1, 0.15) is 4.90 Å². The summed E-state index contributed by atoms with van der Waals surface area (Å²) in [5.41, 5.74) is 0. The third-order valence-corrected chi connectivity index (χ3v) is 8.55. The highest BCUT2D eigenvalue weighted by molar-refractivity contribution is 7.99. The van der Waals surface area contributed by atoms with Gasteiger partial charge in [-0.1, -0.05) is 44.4 Å². The van der Waals surface area contributed by atoms with Crippen LogP contribution in [0.5, 0.6) is 0 Å². The van der Waals surface area contributed by atoms with Crippen LogP contribution in [0.15, 0.2) is 28.3 Å². The topological polar surface area (TPSA) is 79.4 Å². The molecule has 28 heavy (non-hydrogen) atoms. The minimum Gasteiger partial charge on any atom is -0.352 e. The van der Waals surface area contributed by atoms with E-state index in [9.17, 15) is 13.2 Å². The van der Waals surface area contributed by atoms with E-state index in [0.29, 0.717) is 29.8 Å². The zero-order chi connectivity index (χ0) is 20.0. The number of amides is 1. The lowest BCUT2D eigenvalue weighted by atomic mass is 9.86. The first-order valence-electron chi connectivity index (χ1n) is 10.3. The molecule has 1 N–H and O–H groups in total. The van der Waals surface area contributed by atoms with E-state index in [0.717, 1.165) is 32.1 Å². The van der Waals surface area contributed by atoms with Crippen molar-refractivity contribution in [2.45, 2.75) is 74.3 Å².